The molecule has 0 aromatic heterocycles. The molecule has 13 rings (SSSR count). The third-order valence-corrected chi connectivity index (χ3v) is 14.9. The number of hydrogen-bond acceptors (Lipinski definition) is 1. The van der Waals surface area contributed by atoms with Crippen LogP contribution in [0.2, 0.25) is 0 Å². The molecule has 0 saturated carbocycles. The van der Waals surface area contributed by atoms with E-state index in [-0.39, 0.29) is 0 Å². The second kappa shape index (κ2) is 19.3. The van der Waals surface area contributed by atoms with Gasteiger partial charge in [0, 0.05) is 17.1 Å². The average Bonchev–Trinajstić information content (AvgIpc) is 3.48. The summed E-state index contributed by atoms with van der Waals surface area (Å²) in [6.45, 7) is 7.80. The largest absolute Gasteiger partial charge is 0.310 e. The third kappa shape index (κ3) is 8.18. The summed E-state index contributed by atoms with van der Waals surface area (Å²) < 4.78 is 0. The Labute approximate surface area is 438 Å². The van der Waals surface area contributed by atoms with E-state index < -0.39 is 0 Å². The predicted octanol–water partition coefficient (Wildman–Crippen LogP) is 21.1. The summed E-state index contributed by atoms with van der Waals surface area (Å²) in [5.74, 6) is 0. The number of hydrogen-bond donors (Lipinski definition) is 0. The number of fused-ring (bicyclic) bond motifs is 6. The monoisotopic (exact) mass is 953 g/mol. The van der Waals surface area contributed by atoms with E-state index in [1.54, 1.807) is 6.08 Å². The first-order valence-electron chi connectivity index (χ1n) is 25.7. The van der Waals surface area contributed by atoms with Crippen LogP contribution in [-0.2, 0) is 0 Å². The van der Waals surface area contributed by atoms with E-state index in [1.807, 2.05) is 12.2 Å². The van der Waals surface area contributed by atoms with E-state index in [4.69, 9.17) is 0 Å². The quantitative estimate of drug-likeness (QED) is 0.0922. The smallest absolute Gasteiger partial charge is 0.0468 e. The van der Waals surface area contributed by atoms with E-state index in [2.05, 4.69) is 285 Å². The number of anilines is 3. The van der Waals surface area contributed by atoms with Crippen LogP contribution in [0.1, 0.15) is 5.56 Å². The molecule has 75 heavy (non-hydrogen) atoms. The van der Waals surface area contributed by atoms with Crippen LogP contribution in [0.25, 0.3) is 115 Å². The van der Waals surface area contributed by atoms with Crippen molar-refractivity contribution in [1.82, 2.24) is 0 Å². The SMILES string of the molecule is C=C/C=C(C=C)/C=C/c1ccc(-c2c3ccccc3c(-c3ccc(N(c4ccccc4)c4ccc5c(-c6ccc7ccccc7c6)c6ccccc6c(-c6ccc7ccccc7c6)c5c4)cc3)c3ccccc23)cc1. The molecule has 0 unspecified atom stereocenters. The highest BCUT2D eigenvalue weighted by atomic mass is 15.1. The van der Waals surface area contributed by atoms with Crippen LogP contribution in [0.5, 0.6) is 0 Å². The Balaban J connectivity index is 0.975. The van der Waals surface area contributed by atoms with Crippen LogP contribution in [0.4, 0.5) is 17.1 Å². The average molecular weight is 954 g/mol. The summed E-state index contributed by atoms with van der Waals surface area (Å²) in [5, 5.41) is 14.7. The van der Waals surface area contributed by atoms with E-state index in [1.165, 1.54) is 109 Å². The molecule has 13 aromatic rings. The summed E-state index contributed by atoms with van der Waals surface area (Å²) in [4.78, 5) is 2.41. The van der Waals surface area contributed by atoms with Gasteiger partial charge in [-0.15, -0.1) is 0 Å². The maximum atomic E-state index is 3.95. The van der Waals surface area contributed by atoms with E-state index in [0.29, 0.717) is 0 Å². The molecule has 0 aliphatic rings. The summed E-state index contributed by atoms with van der Waals surface area (Å²) in [7, 11) is 0. The van der Waals surface area contributed by atoms with Crippen molar-refractivity contribution in [3.63, 3.8) is 0 Å². The van der Waals surface area contributed by atoms with Crippen LogP contribution in [-0.4, -0.2) is 0 Å². The molecule has 0 atom stereocenters. The molecular formula is C74H51N. The Hall–Kier alpha value is -9.82. The molecule has 0 saturated heterocycles. The van der Waals surface area contributed by atoms with Crippen molar-refractivity contribution in [2.45, 2.75) is 0 Å². The van der Waals surface area contributed by atoms with Gasteiger partial charge in [-0.1, -0.05) is 250 Å². The first-order chi connectivity index (χ1) is 37.1. The first kappa shape index (κ1) is 45.1. The topological polar surface area (TPSA) is 3.24 Å². The number of nitrogens with zero attached hydrogens (tertiary/aromatic N) is 1. The summed E-state index contributed by atoms with van der Waals surface area (Å²) >= 11 is 0. The maximum absolute atomic E-state index is 3.95. The molecular weight excluding hydrogens is 903 g/mol. The fourth-order valence-electron chi connectivity index (χ4n) is 11.5. The Bertz CT molecular complexity index is 4360. The zero-order valence-electron chi connectivity index (χ0n) is 41.5. The van der Waals surface area contributed by atoms with Crippen molar-refractivity contribution in [2.75, 3.05) is 4.90 Å². The zero-order chi connectivity index (χ0) is 50.2. The van der Waals surface area contributed by atoms with Gasteiger partial charge in [0.25, 0.3) is 0 Å². The molecule has 0 aliphatic carbocycles. The van der Waals surface area contributed by atoms with Crippen molar-refractivity contribution in [1.29, 1.82) is 0 Å². The number of para-hydroxylation sites is 1. The van der Waals surface area contributed by atoms with Crippen LogP contribution >= 0.6 is 0 Å². The van der Waals surface area contributed by atoms with Gasteiger partial charge in [0.1, 0.15) is 0 Å². The highest BCUT2D eigenvalue weighted by Crippen LogP contribution is 2.48. The molecule has 0 spiro atoms. The minimum atomic E-state index is 1.02. The van der Waals surface area contributed by atoms with Crippen molar-refractivity contribution in [3.8, 4) is 44.5 Å². The Morgan fingerprint density at radius 3 is 1.19 bits per heavy atom. The maximum Gasteiger partial charge on any atom is 0.0468 e. The fourth-order valence-corrected chi connectivity index (χ4v) is 11.5. The first-order valence-corrected chi connectivity index (χ1v) is 25.7. The lowest BCUT2D eigenvalue weighted by Gasteiger charge is -2.27. The van der Waals surface area contributed by atoms with Crippen LogP contribution < -0.4 is 4.90 Å². The minimum absolute atomic E-state index is 1.02. The number of allylic oxidation sites excluding steroid dienone is 5. The van der Waals surface area contributed by atoms with Gasteiger partial charge in [0.15, 0.2) is 0 Å². The van der Waals surface area contributed by atoms with Crippen molar-refractivity contribution < 1.29 is 0 Å². The van der Waals surface area contributed by atoms with E-state index in [0.717, 1.165) is 28.2 Å². The molecule has 13 aromatic carbocycles. The molecule has 0 fully saturated rings. The molecule has 0 amide bonds. The second-order valence-electron chi connectivity index (χ2n) is 19.3. The van der Waals surface area contributed by atoms with E-state index in [9.17, 15) is 0 Å². The van der Waals surface area contributed by atoms with E-state index >= 15 is 0 Å². The summed E-state index contributed by atoms with van der Waals surface area (Å²) in [6, 6.07) is 93.9. The highest BCUT2D eigenvalue weighted by Gasteiger charge is 2.22. The van der Waals surface area contributed by atoms with Gasteiger partial charge in [-0.3, -0.25) is 0 Å². The Morgan fingerprint density at radius 1 is 0.307 bits per heavy atom. The molecule has 0 N–H and O–H groups in total. The van der Waals surface area contributed by atoms with Crippen LogP contribution in [0.3, 0.4) is 0 Å². The number of rotatable bonds is 11. The van der Waals surface area contributed by atoms with Gasteiger partial charge in [0.05, 0.1) is 0 Å². The molecule has 0 radical (unpaired) electrons. The Morgan fingerprint density at radius 2 is 0.693 bits per heavy atom. The van der Waals surface area contributed by atoms with Gasteiger partial charge in [0.2, 0.25) is 0 Å². The zero-order valence-corrected chi connectivity index (χ0v) is 41.5. The van der Waals surface area contributed by atoms with Gasteiger partial charge in [-0.05, 0) is 169 Å². The van der Waals surface area contributed by atoms with Crippen LogP contribution in [0.15, 0.2) is 298 Å². The molecule has 0 bridgehead atoms. The lowest BCUT2D eigenvalue weighted by atomic mass is 9.85. The summed E-state index contributed by atoms with van der Waals surface area (Å²) in [5.41, 5.74) is 15.1. The van der Waals surface area contributed by atoms with Crippen molar-refractivity contribution in [2.24, 2.45) is 0 Å². The van der Waals surface area contributed by atoms with Crippen LogP contribution in [0, 0.1) is 0 Å². The molecule has 1 heteroatoms. The van der Waals surface area contributed by atoms with Crippen molar-refractivity contribution >= 4 is 87.8 Å². The highest BCUT2D eigenvalue weighted by molar-refractivity contribution is 6.24. The molecule has 0 heterocycles. The standard InChI is InChI=1S/C74H51N/c1-3-18-50(4-2)31-32-51-33-35-54(36-34-51)71-63-25-12-14-27-65(63)72(66-28-15-13-26-64(66)71)55-41-43-61(44-42-55)75(60-23-6-5-7-24-60)62-45-46-69-70(49-62)74(59-40-38-53-20-9-11-22-57(53)48-59)68-30-17-16-29-67(68)73(69)58-39-37-52-19-8-10-21-56(52)47-58/h3-49H,1-2H2/b32-31+,50-18+. The number of benzene rings is 13. The minimum Gasteiger partial charge on any atom is -0.310 e. The third-order valence-electron chi connectivity index (χ3n) is 14.9. The Kier molecular flexibility index (Phi) is 11.6. The second-order valence-corrected chi connectivity index (χ2v) is 19.3. The molecule has 0 aliphatic heterocycles. The summed E-state index contributed by atoms with van der Waals surface area (Å²) in [6.07, 6.45) is 9.79. The normalized spacial score (nSPS) is 11.9. The molecule has 1 nitrogen and oxygen atoms in total. The van der Waals surface area contributed by atoms with Gasteiger partial charge < -0.3 is 4.90 Å². The van der Waals surface area contributed by atoms with Gasteiger partial charge in [-0.2, -0.15) is 0 Å². The predicted molar refractivity (Wildman–Crippen MR) is 325 cm³/mol. The fraction of sp³-hybridized carbons (Fsp3) is 0. The lowest BCUT2D eigenvalue weighted by Crippen LogP contribution is -2.10. The van der Waals surface area contributed by atoms with Gasteiger partial charge >= 0.3 is 0 Å². The van der Waals surface area contributed by atoms with Gasteiger partial charge in [-0.25, -0.2) is 0 Å². The lowest BCUT2D eigenvalue weighted by molar-refractivity contribution is 1.29. The van der Waals surface area contributed by atoms with Crippen molar-refractivity contribution in [3.05, 3.63) is 303 Å². The molecule has 352 valence electrons.